The van der Waals surface area contributed by atoms with Crippen LogP contribution in [0.4, 0.5) is 0 Å². The number of benzene rings is 9. The van der Waals surface area contributed by atoms with E-state index in [4.69, 9.17) is 9.97 Å². The van der Waals surface area contributed by atoms with Gasteiger partial charge in [-0.3, -0.25) is 0 Å². The number of rotatable bonds is 8. The van der Waals surface area contributed by atoms with Crippen molar-refractivity contribution in [3.8, 4) is 39.6 Å². The van der Waals surface area contributed by atoms with Crippen LogP contribution in [0.1, 0.15) is 0 Å². The van der Waals surface area contributed by atoms with E-state index in [-0.39, 0.29) is 29.6 Å². The van der Waals surface area contributed by atoms with Crippen molar-refractivity contribution in [3.05, 3.63) is 255 Å². The quantitative estimate of drug-likeness (QED) is 0.0910. The van der Waals surface area contributed by atoms with Crippen molar-refractivity contribution in [2.24, 2.45) is 0 Å². The summed E-state index contributed by atoms with van der Waals surface area (Å²) >= 11 is 0. The molecule has 0 saturated heterocycles. The molecule has 4 nitrogen and oxygen atoms in total. The van der Waals surface area contributed by atoms with E-state index in [1.54, 1.807) is 0 Å². The first-order chi connectivity index (χ1) is 30.8. The fraction of sp³-hybridized carbons (Fsp3) is 0. The molecular formula is C57H39N4NaSi-2. The van der Waals surface area contributed by atoms with E-state index < -0.39 is 8.07 Å². The summed E-state index contributed by atoms with van der Waals surface area (Å²) in [5, 5.41) is 7.48. The minimum Gasteiger partial charge on any atom is -0.348 e. The molecule has 0 N–H and O–H groups in total. The molecule has 2 aromatic heterocycles. The maximum atomic E-state index is 5.19. The van der Waals surface area contributed by atoms with Crippen molar-refractivity contribution >= 4 is 50.6 Å². The van der Waals surface area contributed by atoms with Crippen molar-refractivity contribution in [2.75, 3.05) is 0 Å². The Bertz CT molecular complexity index is 3030. The van der Waals surface area contributed by atoms with E-state index in [1.807, 2.05) is 48.5 Å². The Labute approximate surface area is 391 Å². The summed E-state index contributed by atoms with van der Waals surface area (Å²) in [7, 11) is -2.85. The molecule has 6 heteroatoms. The first kappa shape index (κ1) is 41.4. The van der Waals surface area contributed by atoms with Crippen LogP contribution < -0.4 is 50.3 Å². The second-order valence-electron chi connectivity index (χ2n) is 15.0. The van der Waals surface area contributed by atoms with Gasteiger partial charge >= 0.3 is 29.6 Å². The number of hydrogen-bond acceptors (Lipinski definition) is 3. The number of aromatic nitrogens is 4. The standard InChI is InChI=1S/C45H31N4Si.C12H8.Na/c1-5-17-33(18-6-1)34-29-35(44-46-32-47-45(48-44)49-42-27-15-13-25-40(42)41-26-14-16-28-43(41)49)31-39(30-34)50(36-19-7-2-8-20-36,37-21-9-3-10-22-37)38-23-11-4-12-24-38;1-3-7-11(8-4-1)12-9-5-2-6-10-12;/h1-31H;1-7,9H;/q-1;-2;+1. The summed E-state index contributed by atoms with van der Waals surface area (Å²) in [6.07, 6.45) is 2.99. The smallest absolute Gasteiger partial charge is 0.348 e. The average Bonchev–Trinajstić information content (AvgIpc) is 3.71. The van der Waals surface area contributed by atoms with Gasteiger partial charge in [-0.05, 0) is 49.6 Å². The predicted molar refractivity (Wildman–Crippen MR) is 257 cm³/mol. The average molecular weight is 831 g/mol. The van der Waals surface area contributed by atoms with Crippen LogP contribution in [0.5, 0.6) is 0 Å². The Morgan fingerprint density at radius 1 is 0.381 bits per heavy atom. The van der Waals surface area contributed by atoms with Gasteiger partial charge in [0.15, 0.2) is 8.07 Å². The first-order valence-corrected chi connectivity index (χ1v) is 22.7. The van der Waals surface area contributed by atoms with Crippen molar-refractivity contribution in [1.29, 1.82) is 0 Å². The molecule has 294 valence electrons. The summed E-state index contributed by atoms with van der Waals surface area (Å²) in [5.74, 6) is 1.12. The minimum atomic E-state index is -2.85. The fourth-order valence-electron chi connectivity index (χ4n) is 8.59. The molecule has 0 fully saturated rings. The number of para-hydroxylation sites is 2. The zero-order chi connectivity index (χ0) is 41.6. The SMILES string of the molecule is [Na+].[c-]1ccccc1-c1[c-]cccc1.[c-]1nc(-c2cc(-c3ccccc3)cc([Si](c3ccccc3)(c3ccccc3)c3ccccc3)c2)nc(-n2c3ccccc3c3ccccc32)n1. The van der Waals surface area contributed by atoms with E-state index in [2.05, 4.69) is 216 Å². The van der Waals surface area contributed by atoms with Crippen molar-refractivity contribution in [3.63, 3.8) is 0 Å². The molecule has 11 rings (SSSR count). The van der Waals surface area contributed by atoms with Gasteiger partial charge < -0.3 is 19.5 Å². The van der Waals surface area contributed by atoms with E-state index >= 15 is 0 Å². The molecule has 0 spiro atoms. The minimum absolute atomic E-state index is 0. The summed E-state index contributed by atoms with van der Waals surface area (Å²) in [6, 6.07) is 89.4. The van der Waals surface area contributed by atoms with Crippen LogP contribution in [0.15, 0.2) is 237 Å². The molecule has 2 heterocycles. The van der Waals surface area contributed by atoms with Gasteiger partial charge in [0.2, 0.25) is 0 Å². The molecule has 0 aliphatic carbocycles. The molecule has 0 saturated carbocycles. The molecule has 63 heavy (non-hydrogen) atoms. The summed E-state index contributed by atoms with van der Waals surface area (Å²) in [4.78, 5) is 14.5. The van der Waals surface area contributed by atoms with Gasteiger partial charge in [0.1, 0.15) is 5.95 Å². The largest absolute Gasteiger partial charge is 1.00 e. The van der Waals surface area contributed by atoms with Crippen molar-refractivity contribution < 1.29 is 29.6 Å². The second-order valence-corrected chi connectivity index (χ2v) is 18.8. The van der Waals surface area contributed by atoms with E-state index in [1.165, 1.54) is 20.7 Å². The van der Waals surface area contributed by atoms with Crippen LogP contribution in [0, 0.1) is 18.5 Å². The Kier molecular flexibility index (Phi) is 12.4. The summed E-state index contributed by atoms with van der Waals surface area (Å²) < 4.78 is 2.12. The Morgan fingerprint density at radius 3 is 1.32 bits per heavy atom. The van der Waals surface area contributed by atoms with Gasteiger partial charge in [-0.2, -0.15) is 48.5 Å². The second kappa shape index (κ2) is 19.0. The molecule has 0 atom stereocenters. The zero-order valence-corrected chi connectivity index (χ0v) is 37.8. The van der Waals surface area contributed by atoms with Crippen LogP contribution in [0.3, 0.4) is 0 Å². The van der Waals surface area contributed by atoms with Crippen molar-refractivity contribution in [1.82, 2.24) is 19.5 Å². The van der Waals surface area contributed by atoms with Gasteiger partial charge in [-0.25, -0.2) is 11.1 Å². The van der Waals surface area contributed by atoms with Crippen LogP contribution in [0.2, 0.25) is 0 Å². The molecule has 0 radical (unpaired) electrons. The molecule has 0 aliphatic heterocycles. The molecule has 0 aliphatic rings. The Balaban J connectivity index is 0.000000335. The number of hydrogen-bond donors (Lipinski definition) is 0. The van der Waals surface area contributed by atoms with Gasteiger partial charge in [0.05, 0.1) is 0 Å². The maximum absolute atomic E-state index is 5.19. The normalized spacial score (nSPS) is 11.0. The van der Waals surface area contributed by atoms with Crippen LogP contribution in [0.25, 0.3) is 61.4 Å². The first-order valence-electron chi connectivity index (χ1n) is 20.7. The Morgan fingerprint density at radius 2 is 0.825 bits per heavy atom. The summed E-state index contributed by atoms with van der Waals surface area (Å²) in [5.41, 5.74) is 7.44. The van der Waals surface area contributed by atoms with E-state index in [0.29, 0.717) is 11.8 Å². The van der Waals surface area contributed by atoms with Crippen LogP contribution in [-0.2, 0) is 0 Å². The topological polar surface area (TPSA) is 43.6 Å². The van der Waals surface area contributed by atoms with Gasteiger partial charge in [-0.15, -0.1) is 12.1 Å². The molecule has 0 bridgehead atoms. The molecule has 11 aromatic rings. The third kappa shape index (κ3) is 8.23. The third-order valence-corrected chi connectivity index (χ3v) is 16.1. The Hall–Kier alpha value is -6.99. The molecule has 0 unspecified atom stereocenters. The van der Waals surface area contributed by atoms with Crippen LogP contribution >= 0.6 is 0 Å². The predicted octanol–water partition coefficient (Wildman–Crippen LogP) is 7.44. The van der Waals surface area contributed by atoms with Gasteiger partial charge in [0.25, 0.3) is 0 Å². The molecule has 0 amide bonds. The molecule has 9 aromatic carbocycles. The fourth-order valence-corrected chi connectivity index (χ4v) is 13.4. The number of fused-ring (bicyclic) bond motifs is 3. The van der Waals surface area contributed by atoms with Crippen molar-refractivity contribution in [2.45, 2.75) is 0 Å². The summed E-state index contributed by atoms with van der Waals surface area (Å²) in [6.45, 7) is 0. The van der Waals surface area contributed by atoms with Gasteiger partial charge in [0, 0.05) is 34.0 Å². The monoisotopic (exact) mass is 830 g/mol. The number of nitrogens with zero attached hydrogens (tertiary/aromatic N) is 4. The molecular weight excluding hydrogens is 792 g/mol. The zero-order valence-electron chi connectivity index (χ0n) is 34.8. The maximum Gasteiger partial charge on any atom is 1.00 e. The van der Waals surface area contributed by atoms with Gasteiger partial charge in [-0.1, -0.05) is 176 Å². The van der Waals surface area contributed by atoms with Crippen LogP contribution in [-0.4, -0.2) is 27.6 Å². The van der Waals surface area contributed by atoms with E-state index in [0.717, 1.165) is 49.6 Å². The van der Waals surface area contributed by atoms with E-state index in [9.17, 15) is 0 Å². The third-order valence-electron chi connectivity index (χ3n) is 11.4.